The Morgan fingerprint density at radius 1 is 0.771 bits per heavy atom. The van der Waals surface area contributed by atoms with Crippen LogP contribution in [0.1, 0.15) is 33.2 Å². The van der Waals surface area contributed by atoms with Crippen LogP contribution in [0.2, 0.25) is 0 Å². The predicted molar refractivity (Wildman–Crippen MR) is 141 cm³/mol. The molecule has 5 aromatic rings. The molecule has 0 fully saturated rings. The summed E-state index contributed by atoms with van der Waals surface area (Å²) < 4.78 is 2.29. The van der Waals surface area contributed by atoms with Gasteiger partial charge >= 0.3 is 0 Å². The van der Waals surface area contributed by atoms with Crippen LogP contribution in [0.4, 0.5) is 5.69 Å². The summed E-state index contributed by atoms with van der Waals surface area (Å²) in [4.78, 5) is 24.8. The van der Waals surface area contributed by atoms with Gasteiger partial charge in [0.15, 0.2) is 0 Å². The number of nitrogens with zero attached hydrogens (tertiary/aromatic N) is 2. The lowest BCUT2D eigenvalue weighted by Gasteiger charge is -2.06. The molecule has 4 aromatic carbocycles. The third kappa shape index (κ3) is 4.54. The summed E-state index contributed by atoms with van der Waals surface area (Å²) in [6.45, 7) is 3.03. The minimum atomic E-state index is -0.328. The van der Waals surface area contributed by atoms with Gasteiger partial charge in [0.25, 0.3) is 11.8 Å². The number of rotatable bonds is 6. The number of nitrogens with one attached hydrogen (secondary N) is 2. The number of para-hydroxylation sites is 1. The number of hydrogen-bond donors (Lipinski definition) is 2. The molecule has 0 bridgehead atoms. The van der Waals surface area contributed by atoms with Crippen molar-refractivity contribution in [2.45, 2.75) is 13.5 Å². The van der Waals surface area contributed by atoms with Gasteiger partial charge in [0.2, 0.25) is 0 Å². The third-order valence-electron chi connectivity index (χ3n) is 5.93. The minimum Gasteiger partial charge on any atom is -0.341 e. The van der Waals surface area contributed by atoms with Crippen molar-refractivity contribution >= 4 is 45.5 Å². The van der Waals surface area contributed by atoms with Gasteiger partial charge in [0.1, 0.15) is 0 Å². The van der Waals surface area contributed by atoms with E-state index in [1.807, 2.05) is 30.3 Å². The SMILES string of the molecule is CCn1c2ccccc2c2cc(C=NNC(=O)c3ccc(NC(=O)c4ccccc4)cc3)ccc21. The van der Waals surface area contributed by atoms with Crippen LogP contribution in [0.25, 0.3) is 21.8 Å². The molecule has 0 radical (unpaired) electrons. The maximum Gasteiger partial charge on any atom is 0.271 e. The first-order valence-corrected chi connectivity index (χ1v) is 11.4. The lowest BCUT2D eigenvalue weighted by atomic mass is 10.1. The number of carbonyl (C=O) groups excluding carboxylic acids is 2. The quantitative estimate of drug-likeness (QED) is 0.247. The number of aryl methyl sites for hydroxylation is 1. The summed E-state index contributed by atoms with van der Waals surface area (Å²) in [5.41, 5.74) is 7.48. The van der Waals surface area contributed by atoms with Crippen LogP contribution in [0.3, 0.4) is 0 Å². The number of amides is 2. The Morgan fingerprint density at radius 2 is 1.46 bits per heavy atom. The molecule has 0 atom stereocenters. The van der Waals surface area contributed by atoms with Gasteiger partial charge in [-0.25, -0.2) is 5.43 Å². The molecule has 5 rings (SSSR count). The van der Waals surface area contributed by atoms with Gasteiger partial charge in [-0.15, -0.1) is 0 Å². The molecule has 0 unspecified atom stereocenters. The molecule has 0 saturated carbocycles. The van der Waals surface area contributed by atoms with Crippen LogP contribution in [0.5, 0.6) is 0 Å². The van der Waals surface area contributed by atoms with Gasteiger partial charge in [-0.2, -0.15) is 5.10 Å². The number of hydrazone groups is 1. The van der Waals surface area contributed by atoms with Crippen LogP contribution in [-0.4, -0.2) is 22.6 Å². The van der Waals surface area contributed by atoms with Crippen molar-refractivity contribution in [1.29, 1.82) is 0 Å². The Morgan fingerprint density at radius 3 is 2.23 bits per heavy atom. The smallest absolute Gasteiger partial charge is 0.271 e. The molecule has 2 amide bonds. The zero-order valence-electron chi connectivity index (χ0n) is 19.2. The largest absolute Gasteiger partial charge is 0.341 e. The molecule has 0 spiro atoms. The molecule has 6 nitrogen and oxygen atoms in total. The zero-order valence-corrected chi connectivity index (χ0v) is 19.2. The second-order valence-corrected chi connectivity index (χ2v) is 8.13. The Kier molecular flexibility index (Phi) is 6.09. The van der Waals surface area contributed by atoms with Crippen LogP contribution in [0, 0.1) is 0 Å². The first-order chi connectivity index (χ1) is 17.1. The number of aromatic nitrogens is 1. The van der Waals surface area contributed by atoms with Crippen molar-refractivity contribution in [3.05, 3.63) is 114 Å². The van der Waals surface area contributed by atoms with Crippen LogP contribution in [-0.2, 0) is 6.54 Å². The summed E-state index contributed by atoms with van der Waals surface area (Å²) in [7, 11) is 0. The van der Waals surface area contributed by atoms with Crippen molar-refractivity contribution in [3.8, 4) is 0 Å². The van der Waals surface area contributed by atoms with Crippen molar-refractivity contribution in [2.75, 3.05) is 5.32 Å². The Labute approximate surface area is 202 Å². The van der Waals surface area contributed by atoms with Crippen molar-refractivity contribution in [2.24, 2.45) is 5.10 Å². The summed E-state index contributed by atoms with van der Waals surface area (Å²) in [6, 6.07) is 30.2. The third-order valence-corrected chi connectivity index (χ3v) is 5.93. The van der Waals surface area contributed by atoms with E-state index >= 15 is 0 Å². The molecule has 0 saturated heterocycles. The standard InChI is InChI=1S/C29H24N4O2/c1-2-33-26-11-7-6-10-24(26)25-18-20(12-17-27(25)33)19-30-32-29(35)22-13-15-23(16-14-22)31-28(34)21-8-4-3-5-9-21/h3-19H,2H2,1H3,(H,31,34)(H,32,35). The molecule has 1 aromatic heterocycles. The van der Waals surface area contributed by atoms with Gasteiger partial charge in [-0.1, -0.05) is 42.5 Å². The summed E-state index contributed by atoms with van der Waals surface area (Å²) in [5.74, 6) is -0.530. The van der Waals surface area contributed by atoms with Crippen LogP contribution >= 0.6 is 0 Å². The first kappa shape index (κ1) is 22.1. The number of hydrogen-bond acceptors (Lipinski definition) is 3. The molecule has 0 aliphatic carbocycles. The highest BCUT2D eigenvalue weighted by atomic mass is 16.2. The normalized spacial score (nSPS) is 11.2. The van der Waals surface area contributed by atoms with E-state index < -0.39 is 0 Å². The van der Waals surface area contributed by atoms with Gasteiger partial charge in [0, 0.05) is 45.2 Å². The van der Waals surface area contributed by atoms with Gasteiger partial charge in [-0.3, -0.25) is 9.59 Å². The van der Waals surface area contributed by atoms with Crippen LogP contribution < -0.4 is 10.7 Å². The van der Waals surface area contributed by atoms with E-state index in [4.69, 9.17) is 0 Å². The highest BCUT2D eigenvalue weighted by molar-refractivity contribution is 6.09. The lowest BCUT2D eigenvalue weighted by molar-refractivity contribution is 0.0954. The molecule has 35 heavy (non-hydrogen) atoms. The minimum absolute atomic E-state index is 0.202. The molecule has 172 valence electrons. The molecule has 0 aliphatic heterocycles. The lowest BCUT2D eigenvalue weighted by Crippen LogP contribution is -2.17. The molecular formula is C29H24N4O2. The average molecular weight is 461 g/mol. The topological polar surface area (TPSA) is 75.5 Å². The fourth-order valence-electron chi connectivity index (χ4n) is 4.22. The summed E-state index contributed by atoms with van der Waals surface area (Å²) >= 11 is 0. The molecular weight excluding hydrogens is 436 g/mol. The van der Waals surface area contributed by atoms with Gasteiger partial charge in [0.05, 0.1) is 6.21 Å². The number of benzene rings is 4. The van der Waals surface area contributed by atoms with E-state index in [0.717, 1.165) is 17.5 Å². The van der Waals surface area contributed by atoms with E-state index in [0.29, 0.717) is 16.8 Å². The second kappa shape index (κ2) is 9.65. The zero-order chi connectivity index (χ0) is 24.2. The van der Waals surface area contributed by atoms with E-state index in [-0.39, 0.29) is 11.8 Å². The molecule has 2 N–H and O–H groups in total. The van der Waals surface area contributed by atoms with Gasteiger partial charge < -0.3 is 9.88 Å². The fraction of sp³-hybridized carbons (Fsp3) is 0.0690. The van der Waals surface area contributed by atoms with E-state index in [2.05, 4.69) is 57.7 Å². The second-order valence-electron chi connectivity index (χ2n) is 8.13. The summed E-state index contributed by atoms with van der Waals surface area (Å²) in [6.07, 6.45) is 1.64. The monoisotopic (exact) mass is 460 g/mol. The number of fused-ring (bicyclic) bond motifs is 3. The Bertz CT molecular complexity index is 1550. The highest BCUT2D eigenvalue weighted by Crippen LogP contribution is 2.29. The van der Waals surface area contributed by atoms with Crippen molar-refractivity contribution in [1.82, 2.24) is 9.99 Å². The van der Waals surface area contributed by atoms with Crippen molar-refractivity contribution in [3.63, 3.8) is 0 Å². The fourth-order valence-corrected chi connectivity index (χ4v) is 4.22. The number of carbonyl (C=O) groups is 2. The molecule has 0 aliphatic rings. The van der Waals surface area contributed by atoms with E-state index in [1.54, 1.807) is 42.6 Å². The van der Waals surface area contributed by atoms with E-state index in [9.17, 15) is 9.59 Å². The van der Waals surface area contributed by atoms with E-state index in [1.165, 1.54) is 16.4 Å². The highest BCUT2D eigenvalue weighted by Gasteiger charge is 2.10. The Hall–Kier alpha value is -4.71. The molecule has 6 heteroatoms. The average Bonchev–Trinajstić information content (AvgIpc) is 3.22. The maximum atomic E-state index is 12.5. The van der Waals surface area contributed by atoms with Gasteiger partial charge in [-0.05, 0) is 67.1 Å². The Balaban J connectivity index is 1.26. The predicted octanol–water partition coefficient (Wildman–Crippen LogP) is 5.83. The summed E-state index contributed by atoms with van der Waals surface area (Å²) in [5, 5.41) is 9.32. The first-order valence-electron chi connectivity index (χ1n) is 11.4. The number of anilines is 1. The van der Waals surface area contributed by atoms with Crippen LogP contribution in [0.15, 0.2) is 102 Å². The van der Waals surface area contributed by atoms with Crippen molar-refractivity contribution < 1.29 is 9.59 Å². The maximum absolute atomic E-state index is 12.5. The molecule has 1 heterocycles.